The smallest absolute Gasteiger partial charge is 0.276 e. The lowest BCUT2D eigenvalue weighted by molar-refractivity contribution is -0.131. The van der Waals surface area contributed by atoms with Crippen LogP contribution in [0.4, 0.5) is 0 Å². The second-order valence-corrected chi connectivity index (χ2v) is 7.43. The third-order valence-corrected chi connectivity index (χ3v) is 4.78. The average molecular weight is 490 g/mol. The molecular formula is C22H18BrClN2O4. The summed E-state index contributed by atoms with van der Waals surface area (Å²) in [5, 5.41) is 0.542. The van der Waals surface area contributed by atoms with E-state index in [1.807, 2.05) is 42.5 Å². The fourth-order valence-corrected chi connectivity index (χ4v) is 3.27. The lowest BCUT2D eigenvalue weighted by Crippen LogP contribution is -2.45. The molecule has 0 heterocycles. The number of carbonyl (C=O) groups is 2. The number of nitrogens with one attached hydrogen (secondary N) is 2. The minimum absolute atomic E-state index is 0.242. The molecule has 0 aromatic heterocycles. The van der Waals surface area contributed by atoms with Gasteiger partial charge in [-0.05, 0) is 57.4 Å². The van der Waals surface area contributed by atoms with Crippen LogP contribution in [0.5, 0.6) is 11.5 Å². The maximum absolute atomic E-state index is 11.9. The first kappa shape index (κ1) is 21.7. The van der Waals surface area contributed by atoms with E-state index in [1.54, 1.807) is 30.3 Å². The van der Waals surface area contributed by atoms with E-state index in [1.165, 1.54) is 0 Å². The van der Waals surface area contributed by atoms with Crippen LogP contribution < -0.4 is 20.3 Å². The number of benzene rings is 3. The molecule has 2 N–H and O–H groups in total. The first-order valence-corrected chi connectivity index (χ1v) is 10.1. The molecule has 8 heteroatoms. The molecule has 0 atom stereocenters. The van der Waals surface area contributed by atoms with E-state index in [9.17, 15) is 9.59 Å². The van der Waals surface area contributed by atoms with Crippen LogP contribution in [-0.4, -0.2) is 25.0 Å². The zero-order valence-electron chi connectivity index (χ0n) is 15.7. The molecule has 0 spiro atoms. The van der Waals surface area contributed by atoms with Crippen LogP contribution in [0.3, 0.4) is 0 Å². The van der Waals surface area contributed by atoms with E-state index in [0.29, 0.717) is 21.0 Å². The highest BCUT2D eigenvalue weighted by Gasteiger charge is 2.08. The van der Waals surface area contributed by atoms with Crippen LogP contribution >= 0.6 is 27.5 Å². The second kappa shape index (κ2) is 10.7. The summed E-state index contributed by atoms with van der Waals surface area (Å²) in [6.45, 7) is -0.517. The van der Waals surface area contributed by atoms with Crippen LogP contribution in [0.1, 0.15) is 0 Å². The quantitative estimate of drug-likeness (QED) is 0.483. The highest BCUT2D eigenvalue weighted by molar-refractivity contribution is 9.10. The Hall–Kier alpha value is -3.03. The molecule has 0 radical (unpaired) electrons. The fourth-order valence-electron chi connectivity index (χ4n) is 2.47. The fraction of sp³-hybridized carbons (Fsp3) is 0.0909. The zero-order valence-corrected chi connectivity index (χ0v) is 18.1. The number of carbonyl (C=O) groups excluding carboxylic acids is 2. The monoisotopic (exact) mass is 488 g/mol. The van der Waals surface area contributed by atoms with Gasteiger partial charge >= 0.3 is 0 Å². The Bertz CT molecular complexity index is 1010. The van der Waals surface area contributed by atoms with Crippen molar-refractivity contribution in [3.05, 3.63) is 82.3 Å². The summed E-state index contributed by atoms with van der Waals surface area (Å²) < 4.78 is 11.4. The molecule has 30 heavy (non-hydrogen) atoms. The number of hydrazine groups is 1. The molecule has 0 bridgehead atoms. The van der Waals surface area contributed by atoms with Crippen molar-refractivity contribution in [1.29, 1.82) is 0 Å². The van der Waals surface area contributed by atoms with Crippen LogP contribution in [0, 0.1) is 0 Å². The molecule has 0 aliphatic carbocycles. The summed E-state index contributed by atoms with van der Waals surface area (Å²) >= 11 is 9.14. The SMILES string of the molecule is O=C(COc1ccc(-c2ccccc2)cc1)NNC(=O)COc1ccc(Cl)cc1Br. The van der Waals surface area contributed by atoms with Gasteiger partial charge in [-0.25, -0.2) is 0 Å². The molecule has 0 unspecified atom stereocenters. The Labute approximate surface area is 187 Å². The summed E-state index contributed by atoms with van der Waals surface area (Å²) in [5.74, 6) is -0.00388. The largest absolute Gasteiger partial charge is 0.484 e. The molecule has 0 aliphatic heterocycles. The van der Waals surface area contributed by atoms with Gasteiger partial charge in [-0.2, -0.15) is 0 Å². The number of halogens is 2. The number of hydrogen-bond donors (Lipinski definition) is 2. The molecule has 154 valence electrons. The molecule has 3 aromatic rings. The van der Waals surface area contributed by atoms with Gasteiger partial charge in [0.15, 0.2) is 13.2 Å². The van der Waals surface area contributed by atoms with Crippen LogP contribution in [0.2, 0.25) is 5.02 Å². The summed E-state index contributed by atoms with van der Waals surface area (Å²) in [7, 11) is 0. The van der Waals surface area contributed by atoms with Gasteiger partial charge in [-0.1, -0.05) is 54.1 Å². The van der Waals surface area contributed by atoms with Crippen molar-refractivity contribution < 1.29 is 19.1 Å². The molecule has 0 saturated carbocycles. The molecule has 3 aromatic carbocycles. The van der Waals surface area contributed by atoms with Gasteiger partial charge in [0, 0.05) is 5.02 Å². The molecular weight excluding hydrogens is 472 g/mol. The van der Waals surface area contributed by atoms with Gasteiger partial charge in [0.1, 0.15) is 11.5 Å². The minimum Gasteiger partial charge on any atom is -0.484 e. The summed E-state index contributed by atoms with van der Waals surface area (Å²) in [4.78, 5) is 23.7. The Morgan fingerprint density at radius 1 is 0.800 bits per heavy atom. The Morgan fingerprint density at radius 3 is 2.03 bits per heavy atom. The molecule has 0 saturated heterocycles. The van der Waals surface area contributed by atoms with E-state index in [2.05, 4.69) is 26.8 Å². The third-order valence-electron chi connectivity index (χ3n) is 3.93. The second-order valence-electron chi connectivity index (χ2n) is 6.14. The molecule has 0 fully saturated rings. The maximum atomic E-state index is 11.9. The normalized spacial score (nSPS) is 10.2. The first-order valence-electron chi connectivity index (χ1n) is 8.95. The molecule has 6 nitrogen and oxygen atoms in total. The third kappa shape index (κ3) is 6.50. The molecule has 3 rings (SSSR count). The Kier molecular flexibility index (Phi) is 7.70. The van der Waals surface area contributed by atoms with Gasteiger partial charge in [0.25, 0.3) is 11.8 Å². The highest BCUT2D eigenvalue weighted by atomic mass is 79.9. The Balaban J connectivity index is 1.38. The lowest BCUT2D eigenvalue weighted by atomic mass is 10.1. The van der Waals surface area contributed by atoms with Crippen molar-refractivity contribution >= 4 is 39.3 Å². The van der Waals surface area contributed by atoms with E-state index in [4.69, 9.17) is 21.1 Å². The predicted octanol–water partition coefficient (Wildman–Crippen LogP) is 4.37. The number of rotatable bonds is 7. The van der Waals surface area contributed by atoms with Crippen molar-refractivity contribution in [3.63, 3.8) is 0 Å². The van der Waals surface area contributed by atoms with E-state index < -0.39 is 11.8 Å². The van der Waals surface area contributed by atoms with E-state index >= 15 is 0 Å². The minimum atomic E-state index is -0.516. The van der Waals surface area contributed by atoms with Gasteiger partial charge in [0.05, 0.1) is 4.47 Å². The van der Waals surface area contributed by atoms with Gasteiger partial charge in [-0.3, -0.25) is 20.4 Å². The van der Waals surface area contributed by atoms with E-state index in [-0.39, 0.29) is 13.2 Å². The van der Waals surface area contributed by atoms with Gasteiger partial charge < -0.3 is 9.47 Å². The number of ether oxygens (including phenoxy) is 2. The standard InChI is InChI=1S/C22H18BrClN2O4/c23-19-12-17(24)8-11-20(19)30-14-22(28)26-25-21(27)13-29-18-9-6-16(7-10-18)15-4-2-1-3-5-15/h1-12H,13-14H2,(H,25,27)(H,26,28). The van der Waals surface area contributed by atoms with Crippen molar-refractivity contribution in [2.24, 2.45) is 0 Å². The first-order chi connectivity index (χ1) is 14.5. The highest BCUT2D eigenvalue weighted by Crippen LogP contribution is 2.27. The van der Waals surface area contributed by atoms with Gasteiger partial charge in [-0.15, -0.1) is 0 Å². The van der Waals surface area contributed by atoms with E-state index in [0.717, 1.165) is 11.1 Å². The van der Waals surface area contributed by atoms with Crippen LogP contribution in [0.15, 0.2) is 77.3 Å². The summed E-state index contributed by atoms with van der Waals surface area (Å²) in [6, 6.07) is 22.3. The van der Waals surface area contributed by atoms with Gasteiger partial charge in [0.2, 0.25) is 0 Å². The van der Waals surface area contributed by atoms with Crippen LogP contribution in [-0.2, 0) is 9.59 Å². The maximum Gasteiger partial charge on any atom is 0.276 e. The predicted molar refractivity (Wildman–Crippen MR) is 118 cm³/mol. The average Bonchev–Trinajstić information content (AvgIpc) is 2.76. The zero-order chi connectivity index (χ0) is 21.3. The van der Waals surface area contributed by atoms with Crippen LogP contribution in [0.25, 0.3) is 11.1 Å². The van der Waals surface area contributed by atoms with Crippen molar-refractivity contribution in [3.8, 4) is 22.6 Å². The Morgan fingerprint density at radius 2 is 1.40 bits per heavy atom. The topological polar surface area (TPSA) is 76.7 Å². The number of hydrogen-bond acceptors (Lipinski definition) is 4. The van der Waals surface area contributed by atoms with Crippen molar-refractivity contribution in [1.82, 2.24) is 10.9 Å². The number of amides is 2. The van der Waals surface area contributed by atoms with Crippen molar-refractivity contribution in [2.45, 2.75) is 0 Å². The summed E-state index contributed by atoms with van der Waals surface area (Å²) in [5.41, 5.74) is 6.68. The van der Waals surface area contributed by atoms with Crippen molar-refractivity contribution in [2.75, 3.05) is 13.2 Å². The molecule has 0 aliphatic rings. The lowest BCUT2D eigenvalue weighted by Gasteiger charge is -2.11. The summed E-state index contributed by atoms with van der Waals surface area (Å²) in [6.07, 6.45) is 0. The molecule has 2 amide bonds.